The molecule has 1 aliphatic heterocycles. The van der Waals surface area contributed by atoms with Gasteiger partial charge in [0.2, 0.25) is 5.91 Å². The van der Waals surface area contributed by atoms with E-state index in [9.17, 15) is 14.4 Å². The van der Waals surface area contributed by atoms with E-state index in [0.717, 1.165) is 20.5 Å². The van der Waals surface area contributed by atoms with Gasteiger partial charge in [0, 0.05) is 16.9 Å². The summed E-state index contributed by atoms with van der Waals surface area (Å²) >= 11 is 3.37. The Morgan fingerprint density at radius 2 is 1.62 bits per heavy atom. The molecule has 0 saturated carbocycles. The number of aryl methyl sites for hydroxylation is 1. The maximum Gasteiger partial charge on any atom is 0.335 e. The molecule has 1 atom stereocenters. The number of urea groups is 1. The van der Waals surface area contributed by atoms with Gasteiger partial charge in [0.25, 0.3) is 5.91 Å². The summed E-state index contributed by atoms with van der Waals surface area (Å²) in [6, 6.07) is 17.1. The Labute approximate surface area is 206 Å². The van der Waals surface area contributed by atoms with E-state index in [4.69, 9.17) is 4.74 Å². The molecule has 8 heteroatoms. The molecule has 1 aromatic heterocycles. The second-order valence-corrected chi connectivity index (χ2v) is 8.98. The van der Waals surface area contributed by atoms with Crippen LogP contribution in [0, 0.1) is 5.41 Å². The monoisotopic (exact) mass is 521 g/mol. The fourth-order valence-electron chi connectivity index (χ4n) is 4.09. The van der Waals surface area contributed by atoms with Crippen LogP contribution in [0.5, 0.6) is 5.75 Å². The molecule has 2 heterocycles. The first kappa shape index (κ1) is 23.6. The zero-order chi connectivity index (χ0) is 24.1. The van der Waals surface area contributed by atoms with Crippen molar-refractivity contribution in [3.63, 3.8) is 0 Å². The van der Waals surface area contributed by atoms with Crippen molar-refractivity contribution in [1.29, 1.82) is 0 Å². The average Bonchev–Trinajstić information content (AvgIpc) is 2.84. The molecule has 4 rings (SSSR count). The molecule has 0 bridgehead atoms. The van der Waals surface area contributed by atoms with Crippen LogP contribution < -0.4 is 15.0 Å². The number of benzene rings is 2. The molecule has 0 unspecified atom stereocenters. The Kier molecular flexibility index (Phi) is 7.07. The van der Waals surface area contributed by atoms with E-state index in [1.807, 2.05) is 43.3 Å². The van der Waals surface area contributed by atoms with Gasteiger partial charge in [-0.25, -0.2) is 9.69 Å². The highest BCUT2D eigenvalue weighted by molar-refractivity contribution is 9.10. The third-order valence-electron chi connectivity index (χ3n) is 5.89. The fourth-order valence-corrected chi connectivity index (χ4v) is 4.36. The summed E-state index contributed by atoms with van der Waals surface area (Å²) in [5.41, 5.74) is 0.691. The van der Waals surface area contributed by atoms with E-state index in [2.05, 4.69) is 26.2 Å². The quantitative estimate of drug-likeness (QED) is 0.434. The Bertz CT molecular complexity index is 1180. The number of barbiturate groups is 1. The van der Waals surface area contributed by atoms with E-state index in [0.29, 0.717) is 24.5 Å². The van der Waals surface area contributed by atoms with Gasteiger partial charge >= 0.3 is 6.03 Å². The Morgan fingerprint density at radius 3 is 2.26 bits per heavy atom. The molecule has 0 aliphatic carbocycles. The summed E-state index contributed by atoms with van der Waals surface area (Å²) in [6.45, 7) is 2.45. The van der Waals surface area contributed by atoms with Crippen molar-refractivity contribution in [1.82, 2.24) is 10.3 Å². The Morgan fingerprint density at radius 1 is 0.941 bits per heavy atom. The van der Waals surface area contributed by atoms with E-state index >= 15 is 0 Å². The number of nitrogens with zero attached hydrogens (tertiary/aromatic N) is 2. The lowest BCUT2D eigenvalue weighted by molar-refractivity contribution is -0.143. The molecular weight excluding hydrogens is 498 g/mol. The van der Waals surface area contributed by atoms with Gasteiger partial charge in [-0.15, -0.1) is 0 Å². The van der Waals surface area contributed by atoms with Crippen LogP contribution in [0.25, 0.3) is 0 Å². The Balaban J connectivity index is 1.72. The topological polar surface area (TPSA) is 88.6 Å². The highest BCUT2D eigenvalue weighted by atomic mass is 79.9. The molecule has 0 spiro atoms. The van der Waals surface area contributed by atoms with E-state index in [-0.39, 0.29) is 12.8 Å². The van der Waals surface area contributed by atoms with Gasteiger partial charge in [0.15, 0.2) is 0 Å². The average molecular weight is 522 g/mol. The van der Waals surface area contributed by atoms with E-state index < -0.39 is 23.3 Å². The summed E-state index contributed by atoms with van der Waals surface area (Å²) in [6.07, 6.45) is 4.20. The lowest BCUT2D eigenvalue weighted by atomic mass is 9.73. The largest absolute Gasteiger partial charge is 0.494 e. The Hall–Kier alpha value is -3.52. The standard InChI is InChI=1S/C26H24BrN3O4/c1-2-34-22-9-3-19(4-10-22)17-26(14-11-18-12-15-28-16-13-18)23(31)29-25(33)30(24(26)32)21-7-5-20(27)6-8-21/h3-10,12-13,15-16H,2,11,14,17H2,1H3,(H,29,31,33)/t26-/m1/s1. The molecule has 34 heavy (non-hydrogen) atoms. The number of hydrogen-bond acceptors (Lipinski definition) is 5. The highest BCUT2D eigenvalue weighted by Crippen LogP contribution is 2.37. The van der Waals surface area contributed by atoms with Crippen LogP contribution in [0.4, 0.5) is 10.5 Å². The van der Waals surface area contributed by atoms with Gasteiger partial charge in [-0.1, -0.05) is 28.1 Å². The van der Waals surface area contributed by atoms with Crippen LogP contribution >= 0.6 is 15.9 Å². The normalized spacial score (nSPS) is 18.1. The van der Waals surface area contributed by atoms with Crippen LogP contribution in [0.3, 0.4) is 0 Å². The fraction of sp³-hybridized carbons (Fsp3) is 0.231. The van der Waals surface area contributed by atoms with Gasteiger partial charge in [-0.05, 0) is 85.8 Å². The van der Waals surface area contributed by atoms with Gasteiger partial charge in [0.05, 0.1) is 12.3 Å². The molecule has 174 valence electrons. The predicted octanol–water partition coefficient (Wildman–Crippen LogP) is 4.69. The zero-order valence-corrected chi connectivity index (χ0v) is 20.2. The number of pyridine rings is 1. The molecule has 2 aromatic carbocycles. The number of halogens is 1. The molecule has 1 N–H and O–H groups in total. The van der Waals surface area contributed by atoms with Gasteiger partial charge < -0.3 is 4.74 Å². The number of carbonyl (C=O) groups excluding carboxylic acids is 3. The number of nitrogens with one attached hydrogen (secondary N) is 1. The number of aromatic nitrogens is 1. The minimum absolute atomic E-state index is 0.148. The number of imide groups is 2. The van der Waals surface area contributed by atoms with Crippen molar-refractivity contribution in [2.75, 3.05) is 11.5 Å². The predicted molar refractivity (Wildman–Crippen MR) is 131 cm³/mol. The summed E-state index contributed by atoms with van der Waals surface area (Å²) in [5, 5.41) is 2.43. The summed E-state index contributed by atoms with van der Waals surface area (Å²) in [4.78, 5) is 45.1. The summed E-state index contributed by atoms with van der Waals surface area (Å²) in [5.74, 6) is -0.409. The van der Waals surface area contributed by atoms with Crippen molar-refractivity contribution in [3.05, 3.63) is 88.7 Å². The number of amides is 4. The van der Waals surface area contributed by atoms with Crippen molar-refractivity contribution < 1.29 is 19.1 Å². The molecular formula is C26H24BrN3O4. The van der Waals surface area contributed by atoms with E-state index in [1.54, 1.807) is 36.7 Å². The van der Waals surface area contributed by atoms with Crippen LogP contribution in [0.2, 0.25) is 0 Å². The first-order chi connectivity index (χ1) is 16.4. The maximum absolute atomic E-state index is 13.9. The third kappa shape index (κ3) is 4.87. The van der Waals surface area contributed by atoms with Gasteiger partial charge in [0.1, 0.15) is 11.2 Å². The number of hydrogen-bond donors (Lipinski definition) is 1. The third-order valence-corrected chi connectivity index (χ3v) is 6.41. The number of anilines is 1. The molecule has 1 aliphatic rings. The number of ether oxygens (including phenoxy) is 1. The van der Waals surface area contributed by atoms with Crippen molar-refractivity contribution in [2.45, 2.75) is 26.2 Å². The van der Waals surface area contributed by atoms with Crippen molar-refractivity contribution in [2.24, 2.45) is 5.41 Å². The van der Waals surface area contributed by atoms with Crippen LogP contribution in [0.15, 0.2) is 77.5 Å². The molecule has 1 saturated heterocycles. The summed E-state index contributed by atoms with van der Waals surface area (Å²) in [7, 11) is 0. The van der Waals surface area contributed by atoms with Gasteiger partial charge in [-0.2, -0.15) is 0 Å². The lowest BCUT2D eigenvalue weighted by Gasteiger charge is -2.39. The molecule has 4 amide bonds. The van der Waals surface area contributed by atoms with E-state index in [1.165, 1.54) is 0 Å². The first-order valence-corrected chi connectivity index (χ1v) is 11.8. The maximum atomic E-state index is 13.9. The molecule has 7 nitrogen and oxygen atoms in total. The van der Waals surface area contributed by atoms with Crippen LogP contribution in [-0.2, 0) is 22.4 Å². The number of rotatable bonds is 8. The molecule has 3 aromatic rings. The lowest BCUT2D eigenvalue weighted by Crippen LogP contribution is -2.65. The summed E-state index contributed by atoms with van der Waals surface area (Å²) < 4.78 is 6.33. The molecule has 1 fully saturated rings. The minimum atomic E-state index is -1.46. The van der Waals surface area contributed by atoms with Crippen molar-refractivity contribution >= 4 is 39.5 Å². The van der Waals surface area contributed by atoms with Crippen LogP contribution in [-0.4, -0.2) is 29.4 Å². The molecule has 0 radical (unpaired) electrons. The van der Waals surface area contributed by atoms with Gasteiger partial charge in [-0.3, -0.25) is 19.9 Å². The minimum Gasteiger partial charge on any atom is -0.494 e. The first-order valence-electron chi connectivity index (χ1n) is 11.0. The SMILES string of the molecule is CCOc1ccc(C[C@]2(CCc3ccncc3)C(=O)NC(=O)N(c3ccc(Br)cc3)C2=O)cc1. The smallest absolute Gasteiger partial charge is 0.335 e. The highest BCUT2D eigenvalue weighted by Gasteiger charge is 2.53. The second kappa shape index (κ2) is 10.2. The van der Waals surface area contributed by atoms with Crippen molar-refractivity contribution in [3.8, 4) is 5.75 Å². The number of carbonyl (C=O) groups is 3. The zero-order valence-electron chi connectivity index (χ0n) is 18.7. The van der Waals surface area contributed by atoms with Crippen LogP contribution in [0.1, 0.15) is 24.5 Å². The second-order valence-electron chi connectivity index (χ2n) is 8.07.